The second-order valence-corrected chi connectivity index (χ2v) is 32.7. The third-order valence-corrected chi connectivity index (χ3v) is 21.7. The van der Waals surface area contributed by atoms with Crippen LogP contribution in [-0.2, 0) is 71.3 Å². The van der Waals surface area contributed by atoms with Gasteiger partial charge in [-0.05, 0) is 74.5 Å². The minimum absolute atomic E-state index is 0.0714. The molecule has 4 aromatic rings. The molecular formula is C63H98N13O20P3S2. The van der Waals surface area contributed by atoms with Crippen LogP contribution < -0.4 is 48.3 Å². The van der Waals surface area contributed by atoms with Crippen LogP contribution in [0.2, 0.25) is 0 Å². The monoisotopic (exact) mass is 1510 g/mol. The predicted octanol–water partition coefficient (Wildman–Crippen LogP) is -2.58. The molecule has 1 saturated heterocycles. The van der Waals surface area contributed by atoms with Crippen molar-refractivity contribution in [2.75, 3.05) is 102 Å². The lowest BCUT2D eigenvalue weighted by Crippen LogP contribution is -2.62. The third-order valence-electron chi connectivity index (χ3n) is 16.6. The van der Waals surface area contributed by atoms with Gasteiger partial charge in [-0.15, -0.1) is 0 Å². The number of fused-ring (bicyclic) bond motifs is 1. The van der Waals surface area contributed by atoms with Crippen LogP contribution in [0, 0.1) is 0 Å². The number of nitrogens with two attached hydrogens (primary N) is 1. The van der Waals surface area contributed by atoms with Gasteiger partial charge in [-0.1, -0.05) is 60.7 Å². The highest BCUT2D eigenvalue weighted by Gasteiger charge is 2.37. The zero-order chi connectivity index (χ0) is 74.6. The highest BCUT2D eigenvalue weighted by molar-refractivity contribution is 7.80. The number of amides is 8. The average Bonchev–Trinajstić information content (AvgIpc) is 1.75. The second kappa shape index (κ2) is 41.8. The van der Waals surface area contributed by atoms with Crippen molar-refractivity contribution in [2.24, 2.45) is 5.73 Å². The maximum Gasteiger partial charge on any atom is 0.245 e. The molecule has 5 rings (SSSR count). The van der Waals surface area contributed by atoms with E-state index in [0.29, 0.717) is 34.0 Å². The lowest BCUT2D eigenvalue weighted by Gasteiger charge is -2.29. The third kappa shape index (κ3) is 29.0. The number of carbonyl (C=O) groups excluding carboxylic acids is 8. The number of phenols is 1. The first-order valence-corrected chi connectivity index (χ1v) is 40.2. The van der Waals surface area contributed by atoms with Crippen LogP contribution in [-0.4, -0.2) is 274 Å². The number of rotatable bonds is 41. The molecule has 1 aromatic heterocycles. The number of aromatic hydroxyl groups is 1. The minimum Gasteiger partial charge on any atom is -0.508 e. The number of aliphatic hydroxyl groups excluding tert-OH is 5. The van der Waals surface area contributed by atoms with Crippen molar-refractivity contribution in [2.45, 2.75) is 119 Å². The predicted molar refractivity (Wildman–Crippen MR) is 383 cm³/mol. The van der Waals surface area contributed by atoms with E-state index < -0.39 is 186 Å². The summed E-state index contributed by atoms with van der Waals surface area (Å²) in [6.07, 6.45) is -5.86. The standard InChI is InChI=1S/C63H98N13O20P3S2/c1-40(80)52(32-77)70-62(89)54(34-101)72-63(90)56(41(2)81)73-57(84)48(14-8-9-20-64)67-60(87)51(30-44-31-65-47-13-7-6-12-46(44)47)69-59(86)50(29-43-15-17-45(82)18-16-43)68-61(88)53(33-100)71-58(85)49(28-42-10-4-3-5-11-42)66-55(83)19-27-97(91,92)35-74-21-23-75(36-98(93,94)38-78)25-26-76(24-22-74)37-99(95,96)39-79/h3-7,10-13,15-18,31,40-41,48-54,56,65,77-82,100-101H,8-9,14,19-30,32-39,64H2,1-2H3,(H,66,83)(H,67,87)(H,68,88)(H,69,86)(H,70,89)(H,71,85)(H,72,90)(H,73,84)(H,91,92)(H,93,94)(H,95,96)/t40-,41-,48+,49+,50+,51+,52-,53+,54+,56+/m1/s1. The number of hydrogen-bond donors (Lipinski definition) is 21. The largest absolute Gasteiger partial charge is 0.508 e. The molecule has 1 aliphatic heterocycles. The SMILES string of the molecule is C[C@@H](O)[C@H](NC(=O)[C@H](CCCCN)NC(=O)[C@H](Cc1c[nH]c2ccccc12)NC(=O)[C@H](Cc1ccc(O)cc1)NC(=O)[C@H](CS)NC(=O)[C@H](Cc1ccccc1)NC(=O)CCP(=O)(O)CN1CCN(CP(=O)(O)CO)CCN(CP(=O)(O)CO)CC1)C(=O)N[C@@H](CS)C(=O)N[C@H](CO)[C@@H](C)O. The molecule has 3 aromatic carbocycles. The first-order chi connectivity index (χ1) is 47.8. The van der Waals surface area contributed by atoms with E-state index in [1.807, 2.05) is 0 Å². The summed E-state index contributed by atoms with van der Waals surface area (Å²) < 4.78 is 39.0. The van der Waals surface area contributed by atoms with Gasteiger partial charge in [0.05, 0.1) is 43.7 Å². The molecule has 2 heterocycles. The Labute approximate surface area is 596 Å². The molecule has 562 valence electrons. The summed E-state index contributed by atoms with van der Waals surface area (Å²) in [4.78, 5) is 154. The molecule has 1 aliphatic rings. The number of aliphatic hydroxyl groups is 5. The molecule has 0 aliphatic carbocycles. The van der Waals surface area contributed by atoms with Crippen LogP contribution in [0.25, 0.3) is 10.9 Å². The Morgan fingerprint density at radius 1 is 0.525 bits per heavy atom. The Bertz CT molecular complexity index is 3480. The number of aromatic nitrogens is 1. The van der Waals surface area contributed by atoms with Crippen molar-refractivity contribution >= 4 is 106 Å². The highest BCUT2D eigenvalue weighted by atomic mass is 32.1. The maximum absolute atomic E-state index is 15.0. The molecule has 8 amide bonds. The molecule has 38 heteroatoms. The van der Waals surface area contributed by atoms with Crippen LogP contribution in [0.3, 0.4) is 0 Å². The van der Waals surface area contributed by atoms with Gasteiger partial charge in [0.1, 0.15) is 60.7 Å². The number of para-hydroxylation sites is 1. The van der Waals surface area contributed by atoms with Crippen molar-refractivity contribution in [1.82, 2.24) is 62.2 Å². The summed E-state index contributed by atoms with van der Waals surface area (Å²) in [5, 5.41) is 80.9. The Kier molecular flexibility index (Phi) is 35.3. The number of benzene rings is 3. The van der Waals surface area contributed by atoms with Crippen molar-refractivity contribution in [3.05, 3.63) is 102 Å². The van der Waals surface area contributed by atoms with E-state index in [1.165, 1.54) is 47.9 Å². The number of thiol groups is 2. The molecule has 101 heavy (non-hydrogen) atoms. The molecule has 1 fully saturated rings. The van der Waals surface area contributed by atoms with Crippen molar-refractivity contribution in [3.63, 3.8) is 0 Å². The minimum atomic E-state index is -4.25. The summed E-state index contributed by atoms with van der Waals surface area (Å²) in [5.41, 5.74) is 7.96. The van der Waals surface area contributed by atoms with Gasteiger partial charge in [0.2, 0.25) is 69.4 Å². The van der Waals surface area contributed by atoms with Crippen LogP contribution in [0.4, 0.5) is 0 Å². The van der Waals surface area contributed by atoms with Gasteiger partial charge in [0.15, 0.2) is 0 Å². The molecule has 0 saturated carbocycles. The number of nitrogens with one attached hydrogen (secondary N) is 9. The van der Waals surface area contributed by atoms with Crippen molar-refractivity contribution in [1.29, 1.82) is 0 Å². The van der Waals surface area contributed by atoms with E-state index in [2.05, 4.69) is 72.8 Å². The number of nitrogens with zero attached hydrogens (tertiary/aromatic N) is 3. The highest BCUT2D eigenvalue weighted by Crippen LogP contribution is 2.43. The fourth-order valence-corrected chi connectivity index (χ4v) is 15.0. The van der Waals surface area contributed by atoms with Gasteiger partial charge in [0, 0.05) is 99.7 Å². The summed E-state index contributed by atoms with van der Waals surface area (Å²) in [7, 11) is -12.3. The van der Waals surface area contributed by atoms with Crippen molar-refractivity contribution in [3.8, 4) is 5.75 Å². The molecule has 0 spiro atoms. The smallest absolute Gasteiger partial charge is 0.245 e. The lowest BCUT2D eigenvalue weighted by molar-refractivity contribution is -0.136. The van der Waals surface area contributed by atoms with E-state index in [4.69, 9.17) is 5.73 Å². The maximum atomic E-state index is 15.0. The average molecular weight is 1510 g/mol. The van der Waals surface area contributed by atoms with E-state index in [0.717, 1.165) is 0 Å². The van der Waals surface area contributed by atoms with Crippen LogP contribution in [0.15, 0.2) is 85.1 Å². The first-order valence-electron chi connectivity index (χ1n) is 32.8. The number of carbonyl (C=O) groups is 8. The normalized spacial score (nSPS) is 18.2. The molecular weight excluding hydrogens is 1420 g/mol. The molecule has 13 atom stereocenters. The lowest BCUT2D eigenvalue weighted by atomic mass is 10.0. The Balaban J connectivity index is 1.38. The number of aromatic amines is 1. The van der Waals surface area contributed by atoms with Crippen molar-refractivity contribution < 1.29 is 97.4 Å². The van der Waals surface area contributed by atoms with Gasteiger partial charge in [0.25, 0.3) is 0 Å². The van der Waals surface area contributed by atoms with Gasteiger partial charge >= 0.3 is 0 Å². The summed E-state index contributed by atoms with van der Waals surface area (Å²) in [6, 6.07) is 9.32. The summed E-state index contributed by atoms with van der Waals surface area (Å²) in [5.74, 6) is -8.27. The van der Waals surface area contributed by atoms with Gasteiger partial charge < -0.3 is 98.6 Å². The van der Waals surface area contributed by atoms with Gasteiger partial charge in [-0.2, -0.15) is 25.3 Å². The summed E-state index contributed by atoms with van der Waals surface area (Å²) in [6.45, 7) is 2.61. The van der Waals surface area contributed by atoms with Crippen LogP contribution in [0.5, 0.6) is 5.75 Å². The number of H-pyrrole nitrogens is 1. The molecule has 33 nitrogen and oxygen atoms in total. The van der Waals surface area contributed by atoms with E-state index in [9.17, 15) is 92.6 Å². The van der Waals surface area contributed by atoms with Crippen LogP contribution >= 0.6 is 47.4 Å². The number of unbranched alkanes of at least 4 members (excludes halogenated alkanes) is 1. The fourth-order valence-electron chi connectivity index (χ4n) is 10.9. The molecule has 3 unspecified atom stereocenters. The number of hydrogen-bond acceptors (Lipinski definition) is 23. The van der Waals surface area contributed by atoms with Gasteiger partial charge in [-0.25, -0.2) is 0 Å². The van der Waals surface area contributed by atoms with E-state index >= 15 is 4.79 Å². The fraction of sp³-hybridized carbons (Fsp3) is 0.556. The molecule has 0 radical (unpaired) electrons. The zero-order valence-corrected chi connectivity index (χ0v) is 60.8. The van der Waals surface area contributed by atoms with E-state index in [1.54, 1.807) is 65.7 Å². The molecule has 0 bridgehead atoms. The quantitative estimate of drug-likeness (QED) is 0.0123. The zero-order valence-electron chi connectivity index (χ0n) is 56.3. The van der Waals surface area contributed by atoms with Gasteiger partial charge in [-0.3, -0.25) is 66.8 Å². The number of phenolic OH excluding ortho intramolecular Hbond substituents is 1. The Hall–Kier alpha value is -6.33. The topological polar surface area (TPSA) is 518 Å². The second-order valence-electron chi connectivity index (χ2n) is 25.0. The summed E-state index contributed by atoms with van der Waals surface area (Å²) >= 11 is 8.54. The Morgan fingerprint density at radius 3 is 1.46 bits per heavy atom. The first kappa shape index (κ1) is 85.3. The molecule has 20 N–H and O–H groups in total. The Morgan fingerprint density at radius 2 is 0.960 bits per heavy atom. The van der Waals surface area contributed by atoms with E-state index in [-0.39, 0.29) is 89.4 Å². The van der Waals surface area contributed by atoms with Crippen LogP contribution in [0.1, 0.15) is 56.2 Å².